The van der Waals surface area contributed by atoms with Crippen LogP contribution in [0, 0.1) is 17.3 Å². The van der Waals surface area contributed by atoms with E-state index in [2.05, 4.69) is 66.9 Å². The summed E-state index contributed by atoms with van der Waals surface area (Å²) in [6.45, 7) is 23.8. The summed E-state index contributed by atoms with van der Waals surface area (Å²) < 4.78 is 0. The summed E-state index contributed by atoms with van der Waals surface area (Å²) in [6.07, 6.45) is 10.4. The van der Waals surface area contributed by atoms with Gasteiger partial charge in [-0.05, 0) is 40.9 Å². The summed E-state index contributed by atoms with van der Waals surface area (Å²) in [7, 11) is 0. The van der Waals surface area contributed by atoms with Crippen LogP contribution in [-0.4, -0.2) is 0 Å². The molecule has 0 radical (unpaired) electrons. The summed E-state index contributed by atoms with van der Waals surface area (Å²) in [5, 5.41) is 0. The average Bonchev–Trinajstić information content (AvgIpc) is 2.33. The van der Waals surface area contributed by atoms with E-state index in [1.54, 1.807) is 0 Å². The maximum absolute atomic E-state index is 4.24. The molecular formula is C20H32. The van der Waals surface area contributed by atoms with Crippen molar-refractivity contribution in [3.05, 3.63) is 60.3 Å². The molecule has 0 aromatic heterocycles. The molecule has 0 nitrogen and oxygen atoms in total. The van der Waals surface area contributed by atoms with Crippen molar-refractivity contribution in [2.24, 2.45) is 17.3 Å². The van der Waals surface area contributed by atoms with E-state index in [1.807, 2.05) is 25.2 Å². The average molecular weight is 272 g/mol. The Morgan fingerprint density at radius 2 is 1.55 bits per heavy atom. The zero-order valence-electron chi connectivity index (χ0n) is 14.5. The van der Waals surface area contributed by atoms with Crippen LogP contribution in [0.5, 0.6) is 0 Å². The van der Waals surface area contributed by atoms with Crippen LogP contribution in [0.15, 0.2) is 60.3 Å². The fraction of sp³-hybridized carbons (Fsp3) is 0.500. The molecule has 0 aromatic rings. The Kier molecular flexibility index (Phi) is 7.57. The summed E-state index contributed by atoms with van der Waals surface area (Å²) in [4.78, 5) is 0. The minimum Gasteiger partial charge on any atom is -0.0953 e. The van der Waals surface area contributed by atoms with Gasteiger partial charge in [0.2, 0.25) is 0 Å². The van der Waals surface area contributed by atoms with Gasteiger partial charge in [0.05, 0.1) is 0 Å². The Bertz CT molecular complexity index is 419. The van der Waals surface area contributed by atoms with Crippen molar-refractivity contribution in [3.63, 3.8) is 0 Å². The van der Waals surface area contributed by atoms with Gasteiger partial charge in [-0.2, -0.15) is 0 Å². The molecule has 1 atom stereocenters. The smallest absolute Gasteiger partial charge is 0.0138 e. The lowest BCUT2D eigenvalue weighted by Crippen LogP contribution is -2.12. The van der Waals surface area contributed by atoms with Gasteiger partial charge in [-0.25, -0.2) is 0 Å². The van der Waals surface area contributed by atoms with Crippen LogP contribution in [0.3, 0.4) is 0 Å². The highest BCUT2D eigenvalue weighted by Gasteiger charge is 2.18. The SMILES string of the molecule is C=C(/C=C\C=C/C)/C(=C/C(=C)C(C)(C)C)C(C)C(C)C. The second-order valence-corrected chi connectivity index (χ2v) is 6.82. The topological polar surface area (TPSA) is 0 Å². The highest BCUT2D eigenvalue weighted by atomic mass is 14.2. The predicted molar refractivity (Wildman–Crippen MR) is 93.8 cm³/mol. The van der Waals surface area contributed by atoms with Gasteiger partial charge in [0.15, 0.2) is 0 Å². The minimum absolute atomic E-state index is 0.0925. The lowest BCUT2D eigenvalue weighted by Gasteiger charge is -2.25. The number of hydrogen-bond donors (Lipinski definition) is 0. The van der Waals surface area contributed by atoms with Crippen molar-refractivity contribution in [3.8, 4) is 0 Å². The molecule has 0 aliphatic heterocycles. The Morgan fingerprint density at radius 3 is 1.95 bits per heavy atom. The van der Waals surface area contributed by atoms with Gasteiger partial charge in [-0.15, -0.1) is 0 Å². The quantitative estimate of drug-likeness (QED) is 0.484. The van der Waals surface area contributed by atoms with Crippen LogP contribution < -0.4 is 0 Å². The van der Waals surface area contributed by atoms with E-state index in [0.717, 1.165) is 11.1 Å². The lowest BCUT2D eigenvalue weighted by molar-refractivity contribution is 0.479. The Hall–Kier alpha value is -1.30. The summed E-state index contributed by atoms with van der Waals surface area (Å²) in [5.41, 5.74) is 3.62. The van der Waals surface area contributed by atoms with E-state index in [9.17, 15) is 0 Å². The van der Waals surface area contributed by atoms with Crippen molar-refractivity contribution >= 4 is 0 Å². The van der Waals surface area contributed by atoms with E-state index in [1.165, 1.54) is 5.57 Å². The third-order valence-electron chi connectivity index (χ3n) is 3.76. The second-order valence-electron chi connectivity index (χ2n) is 6.82. The van der Waals surface area contributed by atoms with E-state index in [0.29, 0.717) is 11.8 Å². The number of rotatable bonds is 6. The van der Waals surface area contributed by atoms with Gasteiger partial charge in [0.25, 0.3) is 0 Å². The number of hydrogen-bond acceptors (Lipinski definition) is 0. The normalized spacial score (nSPS) is 15.3. The lowest BCUT2D eigenvalue weighted by atomic mass is 9.80. The largest absolute Gasteiger partial charge is 0.0953 e. The first kappa shape index (κ1) is 18.7. The van der Waals surface area contributed by atoms with E-state index < -0.39 is 0 Å². The van der Waals surface area contributed by atoms with Crippen LogP contribution in [-0.2, 0) is 0 Å². The first-order chi connectivity index (χ1) is 9.11. The molecular weight excluding hydrogens is 240 g/mol. The second kappa shape index (κ2) is 8.09. The first-order valence-corrected chi connectivity index (χ1v) is 7.50. The standard InChI is InChI=1S/C20H32/c1-10-11-12-13-16(4)19(18(6)15(2)3)14-17(5)20(7,8)9/h10-15,18H,4-5H2,1-3,6-9H3/b11-10-,13-12-,19-14-. The van der Waals surface area contributed by atoms with E-state index >= 15 is 0 Å². The molecule has 0 aliphatic carbocycles. The van der Waals surface area contributed by atoms with Crippen LogP contribution in [0.1, 0.15) is 48.5 Å². The minimum atomic E-state index is 0.0925. The molecule has 0 heteroatoms. The van der Waals surface area contributed by atoms with Crippen LogP contribution >= 0.6 is 0 Å². The Morgan fingerprint density at radius 1 is 1.00 bits per heavy atom. The monoisotopic (exact) mass is 272 g/mol. The molecule has 0 spiro atoms. The maximum atomic E-state index is 4.24. The molecule has 0 saturated carbocycles. The number of allylic oxidation sites excluding steroid dienone is 8. The molecule has 0 N–H and O–H groups in total. The zero-order chi connectivity index (χ0) is 15.9. The molecule has 0 heterocycles. The van der Waals surface area contributed by atoms with Crippen molar-refractivity contribution in [2.75, 3.05) is 0 Å². The maximum Gasteiger partial charge on any atom is -0.0138 e. The van der Waals surface area contributed by atoms with Gasteiger partial charge >= 0.3 is 0 Å². The highest BCUT2D eigenvalue weighted by molar-refractivity contribution is 5.44. The molecule has 0 fully saturated rings. The van der Waals surface area contributed by atoms with Gasteiger partial charge < -0.3 is 0 Å². The molecule has 0 rings (SSSR count). The summed E-state index contributed by atoms with van der Waals surface area (Å²) >= 11 is 0. The van der Waals surface area contributed by atoms with Crippen LogP contribution in [0.25, 0.3) is 0 Å². The fourth-order valence-corrected chi connectivity index (χ4v) is 1.66. The Labute approximate surface area is 126 Å². The Balaban J connectivity index is 5.45. The van der Waals surface area contributed by atoms with Gasteiger partial charge in [-0.3, -0.25) is 0 Å². The molecule has 0 amide bonds. The first-order valence-electron chi connectivity index (χ1n) is 7.50. The molecule has 112 valence electrons. The van der Waals surface area contributed by atoms with Crippen LogP contribution in [0.4, 0.5) is 0 Å². The van der Waals surface area contributed by atoms with Crippen molar-refractivity contribution in [1.82, 2.24) is 0 Å². The van der Waals surface area contributed by atoms with Crippen LogP contribution in [0.2, 0.25) is 0 Å². The van der Waals surface area contributed by atoms with Gasteiger partial charge in [0.1, 0.15) is 0 Å². The van der Waals surface area contributed by atoms with Crippen molar-refractivity contribution in [2.45, 2.75) is 48.5 Å². The third-order valence-corrected chi connectivity index (χ3v) is 3.76. The molecule has 0 aliphatic rings. The third kappa shape index (κ3) is 6.23. The van der Waals surface area contributed by atoms with Gasteiger partial charge in [0, 0.05) is 0 Å². The fourth-order valence-electron chi connectivity index (χ4n) is 1.66. The van der Waals surface area contributed by atoms with Crippen molar-refractivity contribution < 1.29 is 0 Å². The van der Waals surface area contributed by atoms with E-state index in [4.69, 9.17) is 0 Å². The highest BCUT2D eigenvalue weighted by Crippen LogP contribution is 2.32. The molecule has 1 unspecified atom stereocenters. The molecule has 0 aromatic carbocycles. The summed E-state index contributed by atoms with van der Waals surface area (Å²) in [6, 6.07) is 0. The molecule has 20 heavy (non-hydrogen) atoms. The van der Waals surface area contributed by atoms with E-state index in [-0.39, 0.29) is 5.41 Å². The molecule has 0 saturated heterocycles. The zero-order valence-corrected chi connectivity index (χ0v) is 14.5. The predicted octanol–water partition coefficient (Wildman–Crippen LogP) is 6.50. The van der Waals surface area contributed by atoms with Gasteiger partial charge in [-0.1, -0.05) is 85.1 Å². The summed E-state index contributed by atoms with van der Waals surface area (Å²) in [5.74, 6) is 1.05. The van der Waals surface area contributed by atoms with Crippen molar-refractivity contribution in [1.29, 1.82) is 0 Å². The molecule has 0 bridgehead atoms.